The fourth-order valence-corrected chi connectivity index (χ4v) is 7.07. The number of alkyl halides is 6. The zero-order chi connectivity index (χ0) is 32.8. The maximum atomic E-state index is 14.8. The van der Waals surface area contributed by atoms with E-state index in [1.165, 1.54) is 35.1 Å². The summed E-state index contributed by atoms with van der Waals surface area (Å²) in [4.78, 5) is 24.4. The predicted molar refractivity (Wildman–Crippen MR) is 169 cm³/mol. The standard InChI is InChI=1S/C35H22F6N2OS2/c1-19-11-29(45-17-19)23-13-21(34(36,37)38)15-25(31(23)27-7-3-5-9-42-27)33(44)26-16-22(35(39,40)41)14-24(30-12-20(2)18-46-30)32(26)28-8-4-6-10-43-28/h3-18H,1-2H3. The normalized spacial score (nSPS) is 12.0. The lowest BCUT2D eigenvalue weighted by atomic mass is 9.85. The Bertz CT molecular complexity index is 1920. The van der Waals surface area contributed by atoms with E-state index in [0.29, 0.717) is 21.9 Å². The molecule has 0 aliphatic heterocycles. The summed E-state index contributed by atoms with van der Waals surface area (Å²) in [6.45, 7) is 3.57. The molecule has 0 aliphatic carbocycles. The Balaban J connectivity index is 1.75. The molecule has 2 aromatic carbocycles. The fraction of sp³-hybridized carbons (Fsp3) is 0.114. The van der Waals surface area contributed by atoms with Crippen molar-refractivity contribution in [3.05, 3.63) is 129 Å². The van der Waals surface area contributed by atoms with Crippen molar-refractivity contribution in [2.24, 2.45) is 0 Å². The number of carbonyl (C=O) groups is 1. The molecule has 0 N–H and O–H groups in total. The number of hydrogen-bond acceptors (Lipinski definition) is 5. The number of hydrogen-bond donors (Lipinski definition) is 0. The molecule has 0 fully saturated rings. The van der Waals surface area contributed by atoms with Crippen LogP contribution in [0.1, 0.15) is 38.2 Å². The molecule has 4 aromatic heterocycles. The van der Waals surface area contributed by atoms with Crippen molar-refractivity contribution >= 4 is 28.5 Å². The summed E-state index contributed by atoms with van der Waals surface area (Å²) in [5.41, 5.74) is -0.760. The van der Waals surface area contributed by atoms with Gasteiger partial charge in [-0.15, -0.1) is 22.7 Å². The summed E-state index contributed by atoms with van der Waals surface area (Å²) in [6.07, 6.45) is -6.86. The smallest absolute Gasteiger partial charge is 0.289 e. The van der Waals surface area contributed by atoms with Crippen molar-refractivity contribution in [3.63, 3.8) is 0 Å². The number of ketones is 1. The van der Waals surface area contributed by atoms with Crippen molar-refractivity contribution < 1.29 is 31.1 Å². The first-order valence-electron chi connectivity index (χ1n) is 13.8. The van der Waals surface area contributed by atoms with Crippen LogP contribution in [0.5, 0.6) is 0 Å². The number of aryl methyl sites for hydroxylation is 2. The molecule has 4 heterocycles. The lowest BCUT2D eigenvalue weighted by Crippen LogP contribution is -2.14. The quantitative estimate of drug-likeness (QED) is 0.131. The molecular formula is C35H22F6N2OS2. The molecule has 0 saturated carbocycles. The first-order chi connectivity index (χ1) is 21.8. The molecule has 0 unspecified atom stereocenters. The Morgan fingerprint density at radius 1 is 0.609 bits per heavy atom. The maximum Gasteiger partial charge on any atom is 0.416 e. The van der Waals surface area contributed by atoms with E-state index in [2.05, 4.69) is 9.97 Å². The minimum Gasteiger partial charge on any atom is -0.289 e. The first-order valence-corrected chi connectivity index (χ1v) is 15.6. The number of thiophene rings is 2. The van der Waals surface area contributed by atoms with Gasteiger partial charge in [0.1, 0.15) is 0 Å². The van der Waals surface area contributed by atoms with E-state index in [1.54, 1.807) is 73.1 Å². The average Bonchev–Trinajstić information content (AvgIpc) is 3.67. The third-order valence-electron chi connectivity index (χ3n) is 7.25. The van der Waals surface area contributed by atoms with Gasteiger partial charge in [0.05, 0.1) is 22.5 Å². The molecule has 46 heavy (non-hydrogen) atoms. The van der Waals surface area contributed by atoms with Gasteiger partial charge in [0, 0.05) is 55.5 Å². The zero-order valence-corrected chi connectivity index (χ0v) is 25.8. The highest BCUT2D eigenvalue weighted by molar-refractivity contribution is 7.14. The second-order valence-corrected chi connectivity index (χ2v) is 12.4. The SMILES string of the molecule is Cc1csc(-c2cc(C(F)(F)F)cc(C(=O)c3cc(C(F)(F)F)cc(-c4cc(C)cs4)c3-c3ccccn3)c2-c2ccccn2)c1. The zero-order valence-electron chi connectivity index (χ0n) is 24.1. The van der Waals surface area contributed by atoms with Crippen LogP contribution in [0.2, 0.25) is 0 Å². The number of halogens is 6. The molecule has 0 atom stereocenters. The van der Waals surface area contributed by atoms with Crippen LogP contribution in [0.3, 0.4) is 0 Å². The molecule has 0 bridgehead atoms. The van der Waals surface area contributed by atoms with E-state index >= 15 is 0 Å². The fourth-order valence-electron chi connectivity index (χ4n) is 5.22. The lowest BCUT2D eigenvalue weighted by molar-refractivity contribution is -0.138. The number of pyridine rings is 2. The Morgan fingerprint density at radius 2 is 1.02 bits per heavy atom. The van der Waals surface area contributed by atoms with Gasteiger partial charge in [-0.2, -0.15) is 26.3 Å². The summed E-state index contributed by atoms with van der Waals surface area (Å²) in [6, 6.07) is 16.3. The highest BCUT2D eigenvalue weighted by Gasteiger charge is 2.37. The highest BCUT2D eigenvalue weighted by Crippen LogP contribution is 2.46. The Morgan fingerprint density at radius 3 is 1.33 bits per heavy atom. The molecule has 0 aliphatic rings. The van der Waals surface area contributed by atoms with Crippen LogP contribution >= 0.6 is 22.7 Å². The monoisotopic (exact) mass is 664 g/mol. The minimum absolute atomic E-state index is 0.0818. The molecule has 232 valence electrons. The molecule has 6 rings (SSSR count). The number of rotatable bonds is 6. The average molecular weight is 665 g/mol. The van der Waals surface area contributed by atoms with Gasteiger partial charge in [0.15, 0.2) is 5.78 Å². The van der Waals surface area contributed by atoms with Crippen LogP contribution in [0, 0.1) is 13.8 Å². The molecular weight excluding hydrogens is 643 g/mol. The van der Waals surface area contributed by atoms with Crippen LogP contribution in [0.25, 0.3) is 43.4 Å². The topological polar surface area (TPSA) is 42.9 Å². The Hall–Kier alpha value is -4.61. The Labute approximate surface area is 267 Å². The van der Waals surface area contributed by atoms with Crippen LogP contribution in [-0.4, -0.2) is 15.8 Å². The summed E-state index contributed by atoms with van der Waals surface area (Å²) in [7, 11) is 0. The van der Waals surface area contributed by atoms with Gasteiger partial charge in [0.25, 0.3) is 0 Å². The third kappa shape index (κ3) is 6.12. The molecule has 0 radical (unpaired) electrons. The third-order valence-corrected chi connectivity index (χ3v) is 9.42. The first kappa shape index (κ1) is 31.4. The van der Waals surface area contributed by atoms with E-state index < -0.39 is 40.4 Å². The van der Waals surface area contributed by atoms with E-state index in [1.807, 2.05) is 0 Å². The number of benzene rings is 2. The number of nitrogens with zero attached hydrogens (tertiary/aromatic N) is 2. The van der Waals surface area contributed by atoms with Crippen LogP contribution in [0.15, 0.2) is 96.0 Å². The van der Waals surface area contributed by atoms with Gasteiger partial charge < -0.3 is 0 Å². The van der Waals surface area contributed by atoms with Gasteiger partial charge in [-0.3, -0.25) is 14.8 Å². The summed E-state index contributed by atoms with van der Waals surface area (Å²) < 4.78 is 86.6. The van der Waals surface area contributed by atoms with Gasteiger partial charge in [-0.05, 0) is 96.4 Å². The van der Waals surface area contributed by atoms with Crippen LogP contribution in [0.4, 0.5) is 26.3 Å². The van der Waals surface area contributed by atoms with Gasteiger partial charge in [0.2, 0.25) is 0 Å². The molecule has 11 heteroatoms. The molecule has 3 nitrogen and oxygen atoms in total. The minimum atomic E-state index is -4.87. The van der Waals surface area contributed by atoms with E-state index in [4.69, 9.17) is 0 Å². The van der Waals surface area contributed by atoms with Gasteiger partial charge in [-0.25, -0.2) is 0 Å². The van der Waals surface area contributed by atoms with Gasteiger partial charge >= 0.3 is 12.4 Å². The van der Waals surface area contributed by atoms with Crippen LogP contribution < -0.4 is 0 Å². The van der Waals surface area contributed by atoms with Crippen molar-refractivity contribution in [1.82, 2.24) is 9.97 Å². The second-order valence-electron chi connectivity index (χ2n) is 10.6. The molecule has 0 spiro atoms. The van der Waals surface area contributed by atoms with Gasteiger partial charge in [-0.1, -0.05) is 12.1 Å². The van der Waals surface area contributed by atoms with E-state index in [0.717, 1.165) is 23.3 Å². The van der Waals surface area contributed by atoms with Crippen molar-refractivity contribution in [2.75, 3.05) is 0 Å². The predicted octanol–water partition coefficient (Wildman–Crippen LogP) is 11.2. The Kier molecular flexibility index (Phi) is 8.16. The lowest BCUT2D eigenvalue weighted by Gasteiger charge is -2.20. The summed E-state index contributed by atoms with van der Waals surface area (Å²) in [5.74, 6) is -1.03. The molecule has 0 saturated heterocycles. The van der Waals surface area contributed by atoms with Crippen molar-refractivity contribution in [3.8, 4) is 43.4 Å². The second kappa shape index (κ2) is 12.0. The molecule has 0 amide bonds. The van der Waals surface area contributed by atoms with Crippen LogP contribution in [-0.2, 0) is 12.4 Å². The molecule has 6 aromatic rings. The number of carbonyl (C=O) groups excluding carboxylic acids is 1. The largest absolute Gasteiger partial charge is 0.416 e. The highest BCUT2D eigenvalue weighted by atomic mass is 32.1. The van der Waals surface area contributed by atoms with E-state index in [-0.39, 0.29) is 33.6 Å². The summed E-state index contributed by atoms with van der Waals surface area (Å²) in [5, 5.41) is 3.53. The van der Waals surface area contributed by atoms with E-state index in [9.17, 15) is 31.1 Å². The van der Waals surface area contributed by atoms with Crippen molar-refractivity contribution in [2.45, 2.75) is 26.2 Å². The van der Waals surface area contributed by atoms with Crippen molar-refractivity contribution in [1.29, 1.82) is 0 Å². The maximum absolute atomic E-state index is 14.8. The number of aromatic nitrogens is 2. The summed E-state index contributed by atoms with van der Waals surface area (Å²) >= 11 is 2.38.